The Morgan fingerprint density at radius 1 is 1.13 bits per heavy atom. The van der Waals surface area contributed by atoms with Crippen molar-refractivity contribution in [3.63, 3.8) is 0 Å². The molecule has 3 nitrogen and oxygen atoms in total. The number of phenolic OH excluding ortho intramolecular Hbond substituents is 2. The molecule has 0 spiro atoms. The van der Waals surface area contributed by atoms with Gasteiger partial charge in [-0.1, -0.05) is 20.8 Å². The number of phenols is 2. The Balaban J connectivity index is 1.94. The topological polar surface area (TPSA) is 52.5 Å². The maximum absolute atomic E-state index is 10.5. The molecule has 1 saturated carbocycles. The molecule has 2 aliphatic rings. The fourth-order valence-corrected chi connectivity index (χ4v) is 5.46. The molecule has 128 valence electrons. The lowest BCUT2D eigenvalue weighted by Crippen LogP contribution is -2.42. The fraction of sp³-hybridized carbons (Fsp3) is 0.700. The van der Waals surface area contributed by atoms with E-state index in [2.05, 4.69) is 26.1 Å². The predicted molar refractivity (Wildman–Crippen MR) is 94.0 cm³/mol. The van der Waals surface area contributed by atoms with Gasteiger partial charge in [-0.05, 0) is 73.4 Å². The zero-order valence-electron chi connectivity index (χ0n) is 14.9. The van der Waals surface area contributed by atoms with Crippen molar-refractivity contribution < 1.29 is 10.2 Å². The van der Waals surface area contributed by atoms with Crippen molar-refractivity contribution in [1.82, 2.24) is 5.32 Å². The third kappa shape index (κ3) is 2.96. The second kappa shape index (κ2) is 5.70. The van der Waals surface area contributed by atoms with Crippen molar-refractivity contribution in [2.24, 2.45) is 17.3 Å². The van der Waals surface area contributed by atoms with Crippen molar-refractivity contribution in [2.45, 2.75) is 58.8 Å². The van der Waals surface area contributed by atoms with E-state index in [9.17, 15) is 10.2 Å². The van der Waals surface area contributed by atoms with E-state index in [1.807, 2.05) is 6.92 Å². The molecule has 3 rings (SSSR count). The Hall–Kier alpha value is -1.22. The Kier molecular flexibility index (Phi) is 4.12. The van der Waals surface area contributed by atoms with Crippen LogP contribution in [0.3, 0.4) is 0 Å². The van der Waals surface area contributed by atoms with Crippen LogP contribution in [0.1, 0.15) is 57.6 Å². The van der Waals surface area contributed by atoms with Gasteiger partial charge in [0.25, 0.3) is 0 Å². The Bertz CT molecular complexity index is 572. The van der Waals surface area contributed by atoms with Gasteiger partial charge in [0, 0.05) is 18.2 Å². The largest absolute Gasteiger partial charge is 0.508 e. The van der Waals surface area contributed by atoms with Gasteiger partial charge in [0.15, 0.2) is 0 Å². The molecule has 0 bridgehead atoms. The van der Waals surface area contributed by atoms with Gasteiger partial charge in [-0.2, -0.15) is 0 Å². The third-order valence-electron chi connectivity index (χ3n) is 6.47. The third-order valence-corrected chi connectivity index (χ3v) is 6.47. The second-order valence-corrected chi connectivity index (χ2v) is 8.78. The Labute approximate surface area is 140 Å². The highest BCUT2D eigenvalue weighted by Gasteiger charge is 2.46. The van der Waals surface area contributed by atoms with Crippen LogP contribution in [-0.4, -0.2) is 23.3 Å². The van der Waals surface area contributed by atoms with Crippen LogP contribution < -0.4 is 5.32 Å². The summed E-state index contributed by atoms with van der Waals surface area (Å²) in [5.74, 6) is 1.87. The minimum absolute atomic E-state index is 0.00343. The Morgan fingerprint density at radius 3 is 2.57 bits per heavy atom. The SMILES string of the molecule is Cc1cc(O)cc(O)c1[C@@]1(C)CCC2C(CCNCC2(C)C)C1. The lowest BCUT2D eigenvalue weighted by atomic mass is 9.57. The van der Waals surface area contributed by atoms with Crippen LogP contribution in [0.15, 0.2) is 12.1 Å². The first kappa shape index (κ1) is 16.6. The summed E-state index contributed by atoms with van der Waals surface area (Å²) in [6.07, 6.45) is 4.68. The maximum Gasteiger partial charge on any atom is 0.123 e. The van der Waals surface area contributed by atoms with E-state index in [0.717, 1.165) is 43.0 Å². The summed E-state index contributed by atoms with van der Waals surface area (Å²) in [5.41, 5.74) is 2.40. The maximum atomic E-state index is 10.5. The van der Waals surface area contributed by atoms with Gasteiger partial charge >= 0.3 is 0 Å². The highest BCUT2D eigenvalue weighted by Crippen LogP contribution is 2.53. The fourth-order valence-electron chi connectivity index (χ4n) is 5.46. The normalized spacial score (nSPS) is 33.7. The summed E-state index contributed by atoms with van der Waals surface area (Å²) in [5, 5.41) is 23.8. The minimum atomic E-state index is 0.00343. The first-order valence-electron chi connectivity index (χ1n) is 8.97. The number of hydrogen-bond donors (Lipinski definition) is 3. The monoisotopic (exact) mass is 317 g/mol. The summed E-state index contributed by atoms with van der Waals surface area (Å²) >= 11 is 0. The number of benzene rings is 1. The van der Waals surface area contributed by atoms with Crippen LogP contribution in [0.5, 0.6) is 11.5 Å². The first-order valence-corrected chi connectivity index (χ1v) is 8.97. The van der Waals surface area contributed by atoms with Crippen molar-refractivity contribution in [3.8, 4) is 11.5 Å². The number of aryl methyl sites for hydroxylation is 1. The zero-order valence-corrected chi connectivity index (χ0v) is 14.9. The van der Waals surface area contributed by atoms with Crippen LogP contribution in [0.2, 0.25) is 0 Å². The number of rotatable bonds is 1. The van der Waals surface area contributed by atoms with Crippen LogP contribution >= 0.6 is 0 Å². The van der Waals surface area contributed by atoms with Crippen molar-refractivity contribution in [1.29, 1.82) is 0 Å². The molecule has 0 amide bonds. The van der Waals surface area contributed by atoms with Crippen LogP contribution in [-0.2, 0) is 5.41 Å². The average Bonchev–Trinajstić information content (AvgIpc) is 2.55. The number of hydrogen-bond acceptors (Lipinski definition) is 3. The molecule has 0 aromatic heterocycles. The van der Waals surface area contributed by atoms with E-state index in [0.29, 0.717) is 11.3 Å². The van der Waals surface area contributed by atoms with Gasteiger partial charge in [-0.3, -0.25) is 0 Å². The number of nitrogens with one attached hydrogen (secondary N) is 1. The molecule has 1 heterocycles. The predicted octanol–water partition coefficient (Wildman–Crippen LogP) is 4.10. The van der Waals surface area contributed by atoms with Crippen LogP contribution in [0.4, 0.5) is 0 Å². The molecule has 1 aliphatic carbocycles. The molecule has 1 aromatic rings. The molecule has 3 atom stereocenters. The van der Waals surface area contributed by atoms with Gasteiger partial charge in [-0.25, -0.2) is 0 Å². The summed E-state index contributed by atoms with van der Waals surface area (Å²) in [7, 11) is 0. The van der Waals surface area contributed by atoms with E-state index in [1.54, 1.807) is 6.07 Å². The molecule has 1 aliphatic heterocycles. The number of aromatic hydroxyl groups is 2. The average molecular weight is 317 g/mol. The van der Waals surface area contributed by atoms with Crippen LogP contribution in [0, 0.1) is 24.2 Å². The molecule has 1 saturated heterocycles. The van der Waals surface area contributed by atoms with E-state index >= 15 is 0 Å². The van der Waals surface area contributed by atoms with Gasteiger partial charge in [0.05, 0.1) is 0 Å². The molecule has 3 N–H and O–H groups in total. The molecule has 0 radical (unpaired) electrons. The standard InChI is InChI=1S/C20H31NO2/c1-13-9-15(22)10-17(23)18(13)20(4)7-5-16-14(11-20)6-8-21-12-19(16,2)3/h9-10,14,16,21-23H,5-8,11-12H2,1-4H3/t14?,16?,20-/m0/s1. The quantitative estimate of drug-likeness (QED) is 0.731. The molecule has 2 fully saturated rings. The molecular weight excluding hydrogens is 286 g/mol. The zero-order chi connectivity index (χ0) is 16.8. The summed E-state index contributed by atoms with van der Waals surface area (Å²) in [6, 6.07) is 3.28. The van der Waals surface area contributed by atoms with Crippen molar-refractivity contribution in [3.05, 3.63) is 23.3 Å². The van der Waals surface area contributed by atoms with Gasteiger partial charge < -0.3 is 15.5 Å². The molecule has 3 heteroatoms. The van der Waals surface area contributed by atoms with Crippen LogP contribution in [0.25, 0.3) is 0 Å². The minimum Gasteiger partial charge on any atom is -0.508 e. The smallest absolute Gasteiger partial charge is 0.123 e. The van der Waals surface area contributed by atoms with E-state index in [1.165, 1.54) is 18.9 Å². The van der Waals surface area contributed by atoms with E-state index in [-0.39, 0.29) is 16.9 Å². The summed E-state index contributed by atoms with van der Waals surface area (Å²) < 4.78 is 0. The first-order chi connectivity index (χ1) is 10.7. The molecule has 2 unspecified atom stereocenters. The Morgan fingerprint density at radius 2 is 1.87 bits per heavy atom. The highest BCUT2D eigenvalue weighted by molar-refractivity contribution is 5.49. The lowest BCUT2D eigenvalue weighted by Gasteiger charge is -2.48. The van der Waals surface area contributed by atoms with Gasteiger partial charge in [0.1, 0.15) is 11.5 Å². The van der Waals surface area contributed by atoms with Gasteiger partial charge in [-0.15, -0.1) is 0 Å². The summed E-state index contributed by atoms with van der Waals surface area (Å²) in [4.78, 5) is 0. The van der Waals surface area contributed by atoms with Crippen molar-refractivity contribution >= 4 is 0 Å². The van der Waals surface area contributed by atoms with Crippen molar-refractivity contribution in [2.75, 3.05) is 13.1 Å². The molecule has 23 heavy (non-hydrogen) atoms. The number of fused-ring (bicyclic) bond motifs is 1. The van der Waals surface area contributed by atoms with Gasteiger partial charge in [0.2, 0.25) is 0 Å². The lowest BCUT2D eigenvalue weighted by molar-refractivity contribution is 0.0689. The highest BCUT2D eigenvalue weighted by atomic mass is 16.3. The summed E-state index contributed by atoms with van der Waals surface area (Å²) in [6.45, 7) is 11.3. The molecule has 1 aromatic carbocycles. The molecular formula is C20H31NO2. The van der Waals surface area contributed by atoms with E-state index in [4.69, 9.17) is 0 Å². The second-order valence-electron chi connectivity index (χ2n) is 8.78. The van der Waals surface area contributed by atoms with E-state index < -0.39 is 0 Å².